The highest BCUT2D eigenvalue weighted by atomic mass is 16.5. The van der Waals surface area contributed by atoms with Crippen LogP contribution in [0.4, 0.5) is 23.5 Å². The van der Waals surface area contributed by atoms with Crippen molar-refractivity contribution in [3.63, 3.8) is 0 Å². The molecule has 2 aromatic carbocycles. The molecule has 0 saturated carbocycles. The third-order valence-corrected chi connectivity index (χ3v) is 8.85. The number of hydrogen-bond donors (Lipinski definition) is 3. The standard InChI is InChI=1S/C32H38N10O4/c1-20-19-46-17-14-42(20)32-38-28(37-31(39-32)41-12-15-45-16-13-41)22-2-5-24(6-3-22)34-30-35-25-7-4-23(18-26(25)36-30)29(44)40-10-8-21(9-11-40)27(33)43/h2-7,18,20-21H,8-17,19H2,1H3,(H2,33,43)(H2,34,35,36)/t20-/m0/s1. The van der Waals surface area contributed by atoms with E-state index in [1.807, 2.05) is 36.4 Å². The lowest BCUT2D eigenvalue weighted by molar-refractivity contribution is -0.123. The number of imidazole rings is 1. The number of ether oxygens (including phenoxy) is 2. The van der Waals surface area contributed by atoms with E-state index < -0.39 is 0 Å². The van der Waals surface area contributed by atoms with Gasteiger partial charge in [0, 0.05) is 55.5 Å². The molecule has 4 aromatic rings. The molecule has 0 unspecified atom stereocenters. The van der Waals surface area contributed by atoms with Gasteiger partial charge in [0.1, 0.15) is 0 Å². The number of aromatic nitrogens is 5. The molecule has 5 heterocycles. The van der Waals surface area contributed by atoms with E-state index in [0.717, 1.165) is 41.9 Å². The topological polar surface area (TPSA) is 168 Å². The number of H-pyrrole nitrogens is 1. The minimum Gasteiger partial charge on any atom is -0.378 e. The van der Waals surface area contributed by atoms with Gasteiger partial charge in [0.2, 0.25) is 23.8 Å². The number of fused-ring (bicyclic) bond motifs is 1. The molecule has 3 aliphatic heterocycles. The van der Waals surface area contributed by atoms with E-state index in [0.29, 0.717) is 81.6 Å². The van der Waals surface area contributed by atoms with Crippen molar-refractivity contribution in [3.05, 3.63) is 48.0 Å². The second-order valence-electron chi connectivity index (χ2n) is 12.0. The van der Waals surface area contributed by atoms with E-state index in [-0.39, 0.29) is 23.8 Å². The number of carbonyl (C=O) groups is 2. The van der Waals surface area contributed by atoms with Crippen molar-refractivity contribution < 1.29 is 19.1 Å². The highest BCUT2D eigenvalue weighted by Crippen LogP contribution is 2.27. The smallest absolute Gasteiger partial charge is 0.253 e. The van der Waals surface area contributed by atoms with Crippen molar-refractivity contribution in [3.8, 4) is 11.4 Å². The number of nitrogens with two attached hydrogens (primary N) is 1. The largest absolute Gasteiger partial charge is 0.378 e. The number of carbonyl (C=O) groups excluding carboxylic acids is 2. The molecule has 0 aliphatic carbocycles. The van der Waals surface area contributed by atoms with Crippen molar-refractivity contribution in [2.45, 2.75) is 25.8 Å². The van der Waals surface area contributed by atoms with Crippen LogP contribution in [0.3, 0.4) is 0 Å². The first-order valence-electron chi connectivity index (χ1n) is 15.8. The SMILES string of the molecule is C[C@H]1COCCN1c1nc(-c2ccc(Nc3nc4ccc(C(=O)N5CCC(C(N)=O)CC5)cc4[nH]3)cc2)nc(N2CCOCC2)n1. The minimum atomic E-state index is -0.295. The summed E-state index contributed by atoms with van der Waals surface area (Å²) in [5.74, 6) is 1.95. The average Bonchev–Trinajstić information content (AvgIpc) is 3.50. The molecule has 46 heavy (non-hydrogen) atoms. The molecule has 1 atom stereocenters. The lowest BCUT2D eigenvalue weighted by Gasteiger charge is -2.34. The zero-order chi connectivity index (χ0) is 31.6. The number of likely N-dealkylation sites (tertiary alicyclic amines) is 1. The molecular formula is C32H38N10O4. The predicted octanol–water partition coefficient (Wildman–Crippen LogP) is 2.56. The van der Waals surface area contributed by atoms with Gasteiger partial charge in [-0.1, -0.05) is 0 Å². The molecule has 3 aliphatic rings. The zero-order valence-electron chi connectivity index (χ0n) is 25.8. The number of amides is 2. The number of nitrogens with one attached hydrogen (secondary N) is 2. The predicted molar refractivity (Wildman–Crippen MR) is 173 cm³/mol. The van der Waals surface area contributed by atoms with Crippen LogP contribution in [0, 0.1) is 5.92 Å². The highest BCUT2D eigenvalue weighted by Gasteiger charge is 2.27. The molecule has 14 heteroatoms. The Balaban J connectivity index is 1.07. The molecule has 0 radical (unpaired) electrons. The van der Waals surface area contributed by atoms with Gasteiger partial charge in [-0.15, -0.1) is 0 Å². The van der Waals surface area contributed by atoms with Crippen LogP contribution in [0.25, 0.3) is 22.4 Å². The number of nitrogens with zero attached hydrogens (tertiary/aromatic N) is 7. The van der Waals surface area contributed by atoms with E-state index in [1.165, 1.54) is 0 Å². The molecule has 0 bridgehead atoms. The van der Waals surface area contributed by atoms with E-state index in [9.17, 15) is 9.59 Å². The molecule has 3 fully saturated rings. The quantitative estimate of drug-likeness (QED) is 0.276. The van der Waals surface area contributed by atoms with Crippen LogP contribution in [0.15, 0.2) is 42.5 Å². The molecule has 0 spiro atoms. The Labute approximate surface area is 266 Å². The summed E-state index contributed by atoms with van der Waals surface area (Å²) >= 11 is 0. The second-order valence-corrected chi connectivity index (χ2v) is 12.0. The number of piperidine rings is 1. The van der Waals surface area contributed by atoms with Crippen molar-refractivity contribution in [1.82, 2.24) is 29.8 Å². The maximum Gasteiger partial charge on any atom is 0.253 e. The van der Waals surface area contributed by atoms with Crippen LogP contribution in [-0.4, -0.2) is 107 Å². The van der Waals surface area contributed by atoms with Gasteiger partial charge in [-0.2, -0.15) is 15.0 Å². The van der Waals surface area contributed by atoms with E-state index >= 15 is 0 Å². The Morgan fingerprint density at radius 2 is 1.63 bits per heavy atom. The molecule has 2 aromatic heterocycles. The summed E-state index contributed by atoms with van der Waals surface area (Å²) < 4.78 is 11.2. The van der Waals surface area contributed by atoms with Crippen molar-refractivity contribution in [1.29, 1.82) is 0 Å². The fraction of sp³-hybridized carbons (Fsp3) is 0.438. The first-order chi connectivity index (χ1) is 22.4. The Hall–Kier alpha value is -4.82. The normalized spacial score (nSPS) is 19.4. The average molecular weight is 627 g/mol. The number of rotatable bonds is 7. The Bertz CT molecular complexity index is 1710. The molecule has 2 amide bonds. The third kappa shape index (κ3) is 6.30. The molecule has 4 N–H and O–H groups in total. The Morgan fingerprint density at radius 3 is 2.37 bits per heavy atom. The fourth-order valence-corrected chi connectivity index (χ4v) is 6.13. The zero-order valence-corrected chi connectivity index (χ0v) is 25.8. The summed E-state index contributed by atoms with van der Waals surface area (Å²) in [6.45, 7) is 7.87. The summed E-state index contributed by atoms with van der Waals surface area (Å²) in [5, 5.41) is 3.33. The Kier molecular flexibility index (Phi) is 8.37. The molecule has 14 nitrogen and oxygen atoms in total. The summed E-state index contributed by atoms with van der Waals surface area (Å²) in [4.78, 5) is 53.3. The third-order valence-electron chi connectivity index (χ3n) is 8.85. The lowest BCUT2D eigenvalue weighted by atomic mass is 9.96. The van der Waals surface area contributed by atoms with Gasteiger partial charge in [-0.05, 0) is 62.2 Å². The first kappa shape index (κ1) is 29.9. The molecule has 7 rings (SSSR count). The maximum absolute atomic E-state index is 13.1. The van der Waals surface area contributed by atoms with Crippen LogP contribution < -0.4 is 20.9 Å². The fourth-order valence-electron chi connectivity index (χ4n) is 6.13. The van der Waals surface area contributed by atoms with Crippen molar-refractivity contribution >= 4 is 46.4 Å². The number of morpholine rings is 2. The van der Waals surface area contributed by atoms with E-state index in [2.05, 4.69) is 32.0 Å². The van der Waals surface area contributed by atoms with E-state index in [1.54, 1.807) is 11.0 Å². The lowest BCUT2D eigenvalue weighted by Crippen LogP contribution is -2.45. The van der Waals surface area contributed by atoms with Gasteiger partial charge in [0.25, 0.3) is 5.91 Å². The van der Waals surface area contributed by atoms with Crippen molar-refractivity contribution in [2.24, 2.45) is 11.7 Å². The number of benzene rings is 2. The summed E-state index contributed by atoms with van der Waals surface area (Å²) in [6, 6.07) is 13.5. The van der Waals surface area contributed by atoms with Crippen molar-refractivity contribution in [2.75, 3.05) is 74.3 Å². The molecular weight excluding hydrogens is 588 g/mol. The summed E-state index contributed by atoms with van der Waals surface area (Å²) in [7, 11) is 0. The van der Waals surface area contributed by atoms with Crippen LogP contribution in [-0.2, 0) is 14.3 Å². The Morgan fingerprint density at radius 1 is 0.891 bits per heavy atom. The number of anilines is 4. The van der Waals surface area contributed by atoms with Gasteiger partial charge in [-0.25, -0.2) is 4.98 Å². The number of aromatic amines is 1. The van der Waals surface area contributed by atoms with Gasteiger partial charge >= 0.3 is 0 Å². The molecule has 240 valence electrons. The van der Waals surface area contributed by atoms with Crippen LogP contribution >= 0.6 is 0 Å². The van der Waals surface area contributed by atoms with Gasteiger partial charge in [-0.3, -0.25) is 9.59 Å². The first-order valence-corrected chi connectivity index (χ1v) is 15.8. The summed E-state index contributed by atoms with van der Waals surface area (Å²) in [5.41, 5.74) is 9.22. The van der Waals surface area contributed by atoms with Gasteiger partial charge in [0.05, 0.1) is 43.5 Å². The van der Waals surface area contributed by atoms with E-state index in [4.69, 9.17) is 30.2 Å². The van der Waals surface area contributed by atoms with Gasteiger partial charge < -0.3 is 40.2 Å². The maximum atomic E-state index is 13.1. The minimum absolute atomic E-state index is 0.0640. The monoisotopic (exact) mass is 626 g/mol. The highest BCUT2D eigenvalue weighted by molar-refractivity contribution is 5.97. The van der Waals surface area contributed by atoms with Crippen LogP contribution in [0.2, 0.25) is 0 Å². The number of hydrogen-bond acceptors (Lipinski definition) is 11. The second kappa shape index (κ2) is 12.9. The van der Waals surface area contributed by atoms with Crippen LogP contribution in [0.1, 0.15) is 30.1 Å². The van der Waals surface area contributed by atoms with Gasteiger partial charge in [0.15, 0.2) is 5.82 Å². The number of primary amides is 1. The molecule has 3 saturated heterocycles. The summed E-state index contributed by atoms with van der Waals surface area (Å²) in [6.07, 6.45) is 1.19. The van der Waals surface area contributed by atoms with Crippen LogP contribution in [0.5, 0.6) is 0 Å².